The molecule has 0 spiro atoms. The quantitative estimate of drug-likeness (QED) is 0.535. The Hall–Kier alpha value is -1.95. The maximum atomic E-state index is 6.02. The third-order valence-corrected chi connectivity index (χ3v) is 4.25. The van der Waals surface area contributed by atoms with Crippen LogP contribution < -0.4 is 5.43 Å². The summed E-state index contributed by atoms with van der Waals surface area (Å²) in [5, 5.41) is 7.77. The summed E-state index contributed by atoms with van der Waals surface area (Å²) in [4.78, 5) is 8.60. The van der Waals surface area contributed by atoms with Crippen molar-refractivity contribution in [1.82, 2.24) is 9.97 Å². The van der Waals surface area contributed by atoms with Crippen molar-refractivity contribution < 1.29 is 0 Å². The van der Waals surface area contributed by atoms with Gasteiger partial charge >= 0.3 is 0 Å². The molecule has 0 unspecified atom stereocenters. The van der Waals surface area contributed by atoms with Gasteiger partial charge in [0.05, 0.1) is 27.6 Å². The number of pyridine rings is 1. The van der Waals surface area contributed by atoms with Crippen molar-refractivity contribution in [3.05, 3.63) is 63.7 Å². The highest BCUT2D eigenvalue weighted by molar-refractivity contribution is 7.14. The Morgan fingerprint density at radius 2 is 2.05 bits per heavy atom. The third kappa shape index (κ3) is 3.62. The molecule has 0 aliphatic heterocycles. The predicted octanol–water partition coefficient (Wildman–Crippen LogP) is 4.96. The summed E-state index contributed by atoms with van der Waals surface area (Å²) in [7, 11) is 0. The first-order valence-corrected chi connectivity index (χ1v) is 7.97. The van der Waals surface area contributed by atoms with Gasteiger partial charge in [0, 0.05) is 17.1 Å². The predicted molar refractivity (Wildman–Crippen MR) is 93.0 cm³/mol. The summed E-state index contributed by atoms with van der Waals surface area (Å²) < 4.78 is 0. The number of nitrogens with zero attached hydrogens (tertiary/aromatic N) is 3. The number of hydrazone groups is 1. The first kappa shape index (κ1) is 15.0. The molecule has 0 saturated carbocycles. The Morgan fingerprint density at radius 1 is 1.14 bits per heavy atom. The standard InChI is InChI=1S/C15H10Cl2N4S/c16-12-5-4-10(7-13(12)17)14-9-22-15(20-14)21-19-8-11-3-1-2-6-18-11/h1-9H,(H,20,21)/b19-8+. The molecule has 0 amide bonds. The van der Waals surface area contributed by atoms with E-state index in [9.17, 15) is 0 Å². The topological polar surface area (TPSA) is 50.2 Å². The van der Waals surface area contributed by atoms with Crippen LogP contribution in [0.15, 0.2) is 53.1 Å². The van der Waals surface area contributed by atoms with Gasteiger partial charge in [0.25, 0.3) is 0 Å². The van der Waals surface area contributed by atoms with E-state index in [0.717, 1.165) is 17.0 Å². The molecule has 2 aromatic heterocycles. The molecule has 3 rings (SSSR count). The maximum absolute atomic E-state index is 6.02. The molecule has 4 nitrogen and oxygen atoms in total. The van der Waals surface area contributed by atoms with Crippen LogP contribution in [0.25, 0.3) is 11.3 Å². The highest BCUT2D eigenvalue weighted by Crippen LogP contribution is 2.30. The van der Waals surface area contributed by atoms with Gasteiger partial charge in [-0.05, 0) is 24.3 Å². The van der Waals surface area contributed by atoms with E-state index in [2.05, 4.69) is 20.5 Å². The van der Waals surface area contributed by atoms with Crippen LogP contribution in [-0.2, 0) is 0 Å². The van der Waals surface area contributed by atoms with Crippen molar-refractivity contribution in [2.24, 2.45) is 5.10 Å². The van der Waals surface area contributed by atoms with Crippen LogP contribution in [0.2, 0.25) is 10.0 Å². The van der Waals surface area contributed by atoms with E-state index in [1.165, 1.54) is 11.3 Å². The van der Waals surface area contributed by atoms with Crippen LogP contribution in [0.4, 0.5) is 5.13 Å². The largest absolute Gasteiger partial charge is 0.255 e. The second-order valence-corrected chi connectivity index (χ2v) is 5.96. The van der Waals surface area contributed by atoms with Crippen LogP contribution in [0, 0.1) is 0 Å². The van der Waals surface area contributed by atoms with Crippen LogP contribution in [0.1, 0.15) is 5.69 Å². The van der Waals surface area contributed by atoms with Crippen molar-refractivity contribution in [2.45, 2.75) is 0 Å². The second kappa shape index (κ2) is 6.87. The van der Waals surface area contributed by atoms with Gasteiger partial charge in [0.1, 0.15) is 0 Å². The molecular weight excluding hydrogens is 339 g/mol. The van der Waals surface area contributed by atoms with Gasteiger partial charge in [-0.15, -0.1) is 11.3 Å². The minimum atomic E-state index is 0.509. The second-order valence-electron chi connectivity index (χ2n) is 4.29. The first-order valence-electron chi connectivity index (χ1n) is 6.33. The molecule has 0 radical (unpaired) electrons. The molecule has 2 heterocycles. The summed E-state index contributed by atoms with van der Waals surface area (Å²) in [5.41, 5.74) is 5.39. The Morgan fingerprint density at radius 3 is 2.82 bits per heavy atom. The Balaban J connectivity index is 1.71. The molecule has 7 heteroatoms. The lowest BCUT2D eigenvalue weighted by molar-refractivity contribution is 1.26. The molecule has 0 fully saturated rings. The number of anilines is 1. The Labute approximate surface area is 141 Å². The molecule has 0 bridgehead atoms. The molecule has 1 N–H and O–H groups in total. The van der Waals surface area contributed by atoms with Crippen molar-refractivity contribution >= 4 is 45.9 Å². The highest BCUT2D eigenvalue weighted by Gasteiger charge is 2.06. The molecular formula is C15H10Cl2N4S. The van der Waals surface area contributed by atoms with Gasteiger partial charge in [0.15, 0.2) is 0 Å². The monoisotopic (exact) mass is 348 g/mol. The summed E-state index contributed by atoms with van der Waals surface area (Å²) in [6.07, 6.45) is 3.35. The maximum Gasteiger partial charge on any atom is 0.203 e. The van der Waals surface area contributed by atoms with Crippen LogP contribution in [-0.4, -0.2) is 16.2 Å². The molecule has 22 heavy (non-hydrogen) atoms. The third-order valence-electron chi connectivity index (χ3n) is 2.76. The van der Waals surface area contributed by atoms with Crippen molar-refractivity contribution in [2.75, 3.05) is 5.43 Å². The van der Waals surface area contributed by atoms with E-state index in [0.29, 0.717) is 15.2 Å². The van der Waals surface area contributed by atoms with Gasteiger partial charge in [-0.3, -0.25) is 10.4 Å². The number of benzene rings is 1. The van der Waals surface area contributed by atoms with Crippen molar-refractivity contribution in [3.63, 3.8) is 0 Å². The summed E-state index contributed by atoms with van der Waals surface area (Å²) in [6.45, 7) is 0. The summed E-state index contributed by atoms with van der Waals surface area (Å²) in [5.74, 6) is 0. The lowest BCUT2D eigenvalue weighted by Gasteiger charge is -1.99. The minimum Gasteiger partial charge on any atom is -0.255 e. The Kier molecular flexibility index (Phi) is 4.68. The van der Waals surface area contributed by atoms with Crippen LogP contribution >= 0.6 is 34.5 Å². The highest BCUT2D eigenvalue weighted by atomic mass is 35.5. The van der Waals surface area contributed by atoms with Crippen molar-refractivity contribution in [3.8, 4) is 11.3 Å². The summed E-state index contributed by atoms with van der Waals surface area (Å²) in [6, 6.07) is 11.1. The zero-order chi connectivity index (χ0) is 15.4. The molecule has 0 saturated heterocycles. The molecule has 0 atom stereocenters. The molecule has 0 aliphatic carbocycles. The fraction of sp³-hybridized carbons (Fsp3) is 0. The molecule has 3 aromatic rings. The lowest BCUT2D eigenvalue weighted by Crippen LogP contribution is -1.91. The average Bonchev–Trinajstić information content (AvgIpc) is 3.00. The number of aromatic nitrogens is 2. The van der Waals surface area contributed by atoms with Gasteiger partial charge in [-0.2, -0.15) is 5.10 Å². The number of thiazole rings is 1. The van der Waals surface area contributed by atoms with Crippen LogP contribution in [0.5, 0.6) is 0 Å². The normalized spacial score (nSPS) is 11.0. The van der Waals surface area contributed by atoms with Gasteiger partial charge < -0.3 is 0 Å². The van der Waals surface area contributed by atoms with Crippen LogP contribution in [0.3, 0.4) is 0 Å². The lowest BCUT2D eigenvalue weighted by atomic mass is 10.2. The Bertz CT molecular complexity index is 802. The smallest absolute Gasteiger partial charge is 0.203 e. The van der Waals surface area contributed by atoms with Gasteiger partial charge in [-0.1, -0.05) is 35.3 Å². The van der Waals surface area contributed by atoms with E-state index in [4.69, 9.17) is 23.2 Å². The van der Waals surface area contributed by atoms with E-state index in [1.54, 1.807) is 24.5 Å². The van der Waals surface area contributed by atoms with Gasteiger partial charge in [0.2, 0.25) is 5.13 Å². The van der Waals surface area contributed by atoms with E-state index in [1.807, 2.05) is 29.6 Å². The van der Waals surface area contributed by atoms with Crippen molar-refractivity contribution in [1.29, 1.82) is 0 Å². The zero-order valence-corrected chi connectivity index (χ0v) is 13.5. The van der Waals surface area contributed by atoms with E-state index >= 15 is 0 Å². The number of hydrogen-bond donors (Lipinski definition) is 1. The molecule has 1 aromatic carbocycles. The number of halogens is 2. The van der Waals surface area contributed by atoms with E-state index < -0.39 is 0 Å². The summed E-state index contributed by atoms with van der Waals surface area (Å²) >= 11 is 13.4. The minimum absolute atomic E-state index is 0.509. The SMILES string of the molecule is Clc1ccc(-c2csc(N/N=C/c3ccccn3)n2)cc1Cl. The molecule has 0 aliphatic rings. The average molecular weight is 349 g/mol. The molecule has 110 valence electrons. The number of nitrogens with one attached hydrogen (secondary N) is 1. The number of hydrogen-bond acceptors (Lipinski definition) is 5. The van der Waals surface area contributed by atoms with Gasteiger partial charge in [-0.25, -0.2) is 4.98 Å². The van der Waals surface area contributed by atoms with E-state index in [-0.39, 0.29) is 0 Å². The zero-order valence-electron chi connectivity index (χ0n) is 11.2. The first-order chi connectivity index (χ1) is 10.7. The number of rotatable bonds is 4. The fourth-order valence-corrected chi connectivity index (χ4v) is 2.69. The fourth-order valence-electron chi connectivity index (χ4n) is 1.72.